The van der Waals surface area contributed by atoms with Crippen LogP contribution in [-0.4, -0.2) is 45.8 Å². The van der Waals surface area contributed by atoms with Gasteiger partial charge >= 0.3 is 0 Å². The zero-order valence-corrected chi connectivity index (χ0v) is 23.2. The van der Waals surface area contributed by atoms with Gasteiger partial charge in [0.2, 0.25) is 5.91 Å². The summed E-state index contributed by atoms with van der Waals surface area (Å²) in [4.78, 5) is 16.2. The summed E-state index contributed by atoms with van der Waals surface area (Å²) in [5, 5.41) is 25.4. The minimum Gasteiger partial charge on any atom is -0.396 e. The van der Waals surface area contributed by atoms with Crippen LogP contribution >= 0.6 is 0 Å². The van der Waals surface area contributed by atoms with Gasteiger partial charge in [-0.15, -0.1) is 0 Å². The Morgan fingerprint density at radius 3 is 1.85 bits per heavy atom. The Balaban J connectivity index is 1.51. The van der Waals surface area contributed by atoms with E-state index in [0.29, 0.717) is 19.5 Å². The molecule has 0 heterocycles. The number of nitrogens with one attached hydrogen (secondary N) is 1. The SMILES string of the molecule is O=C(NCc1ccccc1)[C@@H](Cc1ccccc1)N(Cc1ccccc1)[C@@H]1C=C[C@H](c2ccccc2)[C@H](O)[C@H]1CO. The van der Waals surface area contributed by atoms with Crippen molar-refractivity contribution >= 4 is 5.91 Å². The minimum atomic E-state index is -0.805. The number of carbonyl (C=O) groups is 1. The van der Waals surface area contributed by atoms with E-state index in [1.165, 1.54) is 0 Å². The summed E-state index contributed by atoms with van der Waals surface area (Å²) >= 11 is 0. The lowest BCUT2D eigenvalue weighted by Crippen LogP contribution is -2.57. The van der Waals surface area contributed by atoms with Crippen molar-refractivity contribution in [2.75, 3.05) is 6.61 Å². The number of hydrogen-bond donors (Lipinski definition) is 3. The fourth-order valence-electron chi connectivity index (χ4n) is 5.83. The van der Waals surface area contributed by atoms with E-state index in [1.54, 1.807) is 0 Å². The van der Waals surface area contributed by atoms with Crippen molar-refractivity contribution < 1.29 is 15.0 Å². The highest BCUT2D eigenvalue weighted by molar-refractivity contribution is 5.82. The predicted octanol–water partition coefficient (Wildman–Crippen LogP) is 5.11. The van der Waals surface area contributed by atoms with Gasteiger partial charge in [0.1, 0.15) is 0 Å². The van der Waals surface area contributed by atoms with Gasteiger partial charge in [-0.3, -0.25) is 9.69 Å². The first kappa shape index (κ1) is 28.5. The Kier molecular flexibility index (Phi) is 9.76. The van der Waals surface area contributed by atoms with Crippen LogP contribution in [-0.2, 0) is 24.3 Å². The molecule has 1 aliphatic rings. The van der Waals surface area contributed by atoms with Crippen LogP contribution in [0.5, 0.6) is 0 Å². The molecule has 5 rings (SSSR count). The Morgan fingerprint density at radius 1 is 0.732 bits per heavy atom. The molecule has 0 fully saturated rings. The van der Waals surface area contributed by atoms with Gasteiger partial charge in [-0.1, -0.05) is 133 Å². The van der Waals surface area contributed by atoms with Crippen LogP contribution in [0.15, 0.2) is 133 Å². The number of rotatable bonds is 11. The molecule has 4 aromatic carbocycles. The van der Waals surface area contributed by atoms with Crippen LogP contribution in [0.25, 0.3) is 0 Å². The molecule has 0 unspecified atom stereocenters. The van der Waals surface area contributed by atoms with Crippen LogP contribution in [0.1, 0.15) is 28.2 Å². The molecule has 0 aliphatic heterocycles. The molecule has 0 bridgehead atoms. The largest absolute Gasteiger partial charge is 0.396 e. The van der Waals surface area contributed by atoms with Gasteiger partial charge in [-0.05, 0) is 28.7 Å². The number of hydrogen-bond acceptors (Lipinski definition) is 4. The number of nitrogens with zero attached hydrogens (tertiary/aromatic N) is 1. The molecule has 0 spiro atoms. The highest BCUT2D eigenvalue weighted by atomic mass is 16.3. The number of aliphatic hydroxyl groups excluding tert-OH is 2. The Labute approximate surface area is 242 Å². The first-order valence-electron chi connectivity index (χ1n) is 14.3. The van der Waals surface area contributed by atoms with Gasteiger partial charge in [0, 0.05) is 31.0 Å². The predicted molar refractivity (Wildman–Crippen MR) is 163 cm³/mol. The quantitative estimate of drug-likeness (QED) is 0.229. The third-order valence-electron chi connectivity index (χ3n) is 8.03. The van der Waals surface area contributed by atoms with Crippen molar-refractivity contribution in [1.82, 2.24) is 10.2 Å². The molecule has 5 heteroatoms. The molecule has 0 saturated heterocycles. The highest BCUT2D eigenvalue weighted by Gasteiger charge is 2.41. The second kappa shape index (κ2) is 14.0. The van der Waals surface area contributed by atoms with Crippen molar-refractivity contribution in [2.24, 2.45) is 5.92 Å². The van der Waals surface area contributed by atoms with E-state index < -0.39 is 18.1 Å². The van der Waals surface area contributed by atoms with Crippen molar-refractivity contribution in [1.29, 1.82) is 0 Å². The molecule has 5 nitrogen and oxygen atoms in total. The van der Waals surface area contributed by atoms with Crippen LogP contribution in [0.2, 0.25) is 0 Å². The summed E-state index contributed by atoms with van der Waals surface area (Å²) in [5.41, 5.74) is 4.14. The minimum absolute atomic E-state index is 0.0848. The van der Waals surface area contributed by atoms with Crippen LogP contribution in [0.4, 0.5) is 0 Å². The maximum atomic E-state index is 14.1. The number of benzene rings is 4. The fraction of sp³-hybridized carbons (Fsp3) is 0.250. The summed E-state index contributed by atoms with van der Waals surface area (Å²) in [7, 11) is 0. The lowest BCUT2D eigenvalue weighted by Gasteiger charge is -2.44. The molecule has 5 atom stereocenters. The van der Waals surface area contributed by atoms with Crippen LogP contribution in [0, 0.1) is 5.92 Å². The smallest absolute Gasteiger partial charge is 0.237 e. The second-order valence-electron chi connectivity index (χ2n) is 10.7. The molecular weight excluding hydrogens is 508 g/mol. The van der Waals surface area contributed by atoms with Crippen LogP contribution < -0.4 is 5.32 Å². The first-order chi connectivity index (χ1) is 20.1. The summed E-state index contributed by atoms with van der Waals surface area (Å²) in [5.74, 6) is -0.796. The monoisotopic (exact) mass is 546 g/mol. The van der Waals surface area contributed by atoms with E-state index in [1.807, 2.05) is 115 Å². The van der Waals surface area contributed by atoms with E-state index in [-0.39, 0.29) is 24.5 Å². The van der Waals surface area contributed by atoms with Gasteiger partial charge < -0.3 is 15.5 Å². The van der Waals surface area contributed by atoms with E-state index in [9.17, 15) is 15.0 Å². The summed E-state index contributed by atoms with van der Waals surface area (Å²) in [6.45, 7) is 0.715. The van der Waals surface area contributed by atoms with Crippen molar-refractivity contribution in [3.63, 3.8) is 0 Å². The third kappa shape index (κ3) is 7.19. The van der Waals surface area contributed by atoms with E-state index in [2.05, 4.69) is 28.4 Å². The van der Waals surface area contributed by atoms with Gasteiger partial charge in [0.25, 0.3) is 0 Å². The molecule has 41 heavy (non-hydrogen) atoms. The Bertz CT molecular complexity index is 1380. The topological polar surface area (TPSA) is 72.8 Å². The van der Waals surface area contributed by atoms with E-state index >= 15 is 0 Å². The van der Waals surface area contributed by atoms with Crippen LogP contribution in [0.3, 0.4) is 0 Å². The van der Waals surface area contributed by atoms with Crippen molar-refractivity contribution in [3.8, 4) is 0 Å². The zero-order chi connectivity index (χ0) is 28.4. The normalized spacial score (nSPS) is 21.0. The second-order valence-corrected chi connectivity index (χ2v) is 10.7. The average Bonchev–Trinajstić information content (AvgIpc) is 3.03. The summed E-state index contributed by atoms with van der Waals surface area (Å²) in [6.07, 6.45) is 3.81. The fourth-order valence-corrected chi connectivity index (χ4v) is 5.83. The maximum absolute atomic E-state index is 14.1. The van der Waals surface area contributed by atoms with Gasteiger partial charge in [0.15, 0.2) is 0 Å². The standard InChI is InChI=1S/C36H38N2O3/c39-26-32-33(22-21-31(35(32)40)30-19-11-4-12-20-30)38(25-29-17-9-3-10-18-29)34(23-27-13-5-1-6-14-27)36(41)37-24-28-15-7-2-8-16-28/h1-22,31-35,39-40H,23-26H2,(H,37,41)/t31-,32+,33-,34-,35+/m1/s1. The molecule has 210 valence electrons. The average molecular weight is 547 g/mol. The lowest BCUT2D eigenvalue weighted by molar-refractivity contribution is -0.129. The zero-order valence-electron chi connectivity index (χ0n) is 23.2. The molecule has 0 aromatic heterocycles. The molecule has 1 amide bonds. The first-order valence-corrected chi connectivity index (χ1v) is 14.3. The Hall–Kier alpha value is -4.03. The molecular formula is C36H38N2O3. The molecule has 3 N–H and O–H groups in total. The third-order valence-corrected chi connectivity index (χ3v) is 8.03. The molecule has 0 saturated carbocycles. The highest BCUT2D eigenvalue weighted by Crippen LogP contribution is 2.36. The molecule has 1 aliphatic carbocycles. The molecule has 0 radical (unpaired) electrons. The number of amides is 1. The lowest BCUT2D eigenvalue weighted by atomic mass is 9.76. The number of aliphatic hydroxyl groups is 2. The van der Waals surface area contributed by atoms with Gasteiger partial charge in [-0.25, -0.2) is 0 Å². The van der Waals surface area contributed by atoms with Gasteiger partial charge in [-0.2, -0.15) is 0 Å². The summed E-state index contributed by atoms with van der Waals surface area (Å²) < 4.78 is 0. The van der Waals surface area contributed by atoms with Crippen molar-refractivity contribution in [3.05, 3.63) is 156 Å². The number of carbonyl (C=O) groups excluding carboxylic acids is 1. The van der Waals surface area contributed by atoms with E-state index in [0.717, 1.165) is 22.3 Å². The summed E-state index contributed by atoms with van der Waals surface area (Å²) in [6, 6.07) is 39.0. The van der Waals surface area contributed by atoms with E-state index in [4.69, 9.17) is 0 Å². The van der Waals surface area contributed by atoms with Crippen molar-refractivity contribution in [2.45, 2.75) is 43.6 Å². The van der Waals surface area contributed by atoms with Gasteiger partial charge in [0.05, 0.1) is 18.8 Å². The maximum Gasteiger partial charge on any atom is 0.237 e. The molecule has 4 aromatic rings. The Morgan fingerprint density at radius 2 is 1.27 bits per heavy atom.